The molecule has 1 unspecified atom stereocenters. The Bertz CT molecular complexity index is 2080. The van der Waals surface area contributed by atoms with E-state index in [2.05, 4.69) is 31.2 Å². The van der Waals surface area contributed by atoms with Crippen LogP contribution in [0.1, 0.15) is 46.1 Å². The molecule has 1 fully saturated rings. The van der Waals surface area contributed by atoms with Crippen molar-refractivity contribution in [2.24, 2.45) is 0 Å². The van der Waals surface area contributed by atoms with Crippen LogP contribution in [0, 0.1) is 18.6 Å². The van der Waals surface area contributed by atoms with Crippen molar-refractivity contribution >= 4 is 52.0 Å². The van der Waals surface area contributed by atoms with Crippen LogP contribution in [0.2, 0.25) is 0 Å². The number of hydrogen-bond acceptors (Lipinski definition) is 11. The van der Waals surface area contributed by atoms with Gasteiger partial charge in [-0.3, -0.25) is 19.7 Å². The van der Waals surface area contributed by atoms with Crippen molar-refractivity contribution in [3.8, 4) is 0 Å². The number of fused-ring (bicyclic) bond motifs is 2. The second-order valence-electron chi connectivity index (χ2n) is 12.6. The molecule has 0 bridgehead atoms. The number of rotatable bonds is 15. The third-order valence-electron chi connectivity index (χ3n) is 8.77. The zero-order valence-corrected chi connectivity index (χ0v) is 29.1. The third kappa shape index (κ3) is 9.26. The lowest BCUT2D eigenvalue weighted by Gasteiger charge is -2.29. The summed E-state index contributed by atoms with van der Waals surface area (Å²) in [5.74, 6) is -3.84. The maximum absolute atomic E-state index is 14.1. The molecule has 20 heteroatoms. The van der Waals surface area contributed by atoms with Gasteiger partial charge in [-0.05, 0) is 43.2 Å². The molecule has 5 amide bonds. The molecule has 55 heavy (non-hydrogen) atoms. The van der Waals surface area contributed by atoms with Gasteiger partial charge in [0.25, 0.3) is 5.91 Å². The molecule has 0 saturated carbocycles. The number of aryl methyl sites for hydroxylation is 1. The molecule has 6 rings (SSSR count). The van der Waals surface area contributed by atoms with Crippen LogP contribution in [0.5, 0.6) is 0 Å². The van der Waals surface area contributed by atoms with Crippen molar-refractivity contribution in [3.05, 3.63) is 76.8 Å². The van der Waals surface area contributed by atoms with Crippen molar-refractivity contribution in [2.45, 2.75) is 44.6 Å². The number of amides is 5. The molecule has 4 heterocycles. The molecular formula is C35H35F5N8O7. The number of hydrogen-bond donors (Lipinski definition) is 5. The summed E-state index contributed by atoms with van der Waals surface area (Å²) < 4.78 is 85.8. The Kier molecular flexibility index (Phi) is 11.7. The molecule has 0 aliphatic carbocycles. The number of piperidine rings is 1. The number of alkyl halides is 3. The first-order valence-corrected chi connectivity index (χ1v) is 17.0. The number of imide groups is 1. The average molecular weight is 775 g/mol. The Morgan fingerprint density at radius 1 is 1.00 bits per heavy atom. The normalized spacial score (nSPS) is 16.2. The highest BCUT2D eigenvalue weighted by molar-refractivity contribution is 6.05. The van der Waals surface area contributed by atoms with E-state index in [9.17, 15) is 41.1 Å². The van der Waals surface area contributed by atoms with Crippen molar-refractivity contribution in [3.63, 3.8) is 0 Å². The van der Waals surface area contributed by atoms with E-state index in [4.69, 9.17) is 13.9 Å². The molecule has 15 nitrogen and oxygen atoms in total. The highest BCUT2D eigenvalue weighted by atomic mass is 19.4. The van der Waals surface area contributed by atoms with Gasteiger partial charge in [0.1, 0.15) is 17.6 Å². The van der Waals surface area contributed by atoms with Crippen molar-refractivity contribution in [2.75, 3.05) is 55.5 Å². The predicted octanol–water partition coefficient (Wildman–Crippen LogP) is 4.55. The van der Waals surface area contributed by atoms with E-state index < -0.39 is 53.2 Å². The van der Waals surface area contributed by atoms with Crippen LogP contribution < -0.4 is 26.6 Å². The molecule has 4 aromatic rings. The number of anilines is 3. The lowest BCUT2D eigenvalue weighted by Crippen LogP contribution is -2.52. The van der Waals surface area contributed by atoms with Gasteiger partial charge in [0.05, 0.1) is 44.5 Å². The van der Waals surface area contributed by atoms with Gasteiger partial charge in [0.2, 0.25) is 17.8 Å². The first-order chi connectivity index (χ1) is 26.3. The predicted molar refractivity (Wildman–Crippen MR) is 185 cm³/mol. The van der Waals surface area contributed by atoms with Crippen molar-refractivity contribution < 1.29 is 55.0 Å². The largest absolute Gasteiger partial charge is 0.455 e. The summed E-state index contributed by atoms with van der Waals surface area (Å²) in [5, 5.41) is 12.2. The number of halogens is 5. The molecule has 0 spiro atoms. The van der Waals surface area contributed by atoms with E-state index in [-0.39, 0.29) is 54.0 Å². The Balaban J connectivity index is 0.853. The monoisotopic (exact) mass is 774 g/mol. The fourth-order valence-electron chi connectivity index (χ4n) is 6.12. The maximum atomic E-state index is 14.1. The zero-order chi connectivity index (χ0) is 39.3. The number of carbonyl (C=O) groups is 4. The lowest BCUT2D eigenvalue weighted by atomic mass is 10.0. The van der Waals surface area contributed by atoms with Crippen LogP contribution in [-0.4, -0.2) is 90.4 Å². The van der Waals surface area contributed by atoms with E-state index in [0.29, 0.717) is 51.0 Å². The molecule has 2 aliphatic heterocycles. The van der Waals surface area contributed by atoms with Crippen LogP contribution in [0.3, 0.4) is 0 Å². The van der Waals surface area contributed by atoms with Gasteiger partial charge in [-0.1, -0.05) is 0 Å². The van der Waals surface area contributed by atoms with Gasteiger partial charge in [0, 0.05) is 54.3 Å². The standard InChI is InChI=1S/C35H35F5N8O7/c1-18-24-13-20(36)14-25(37)29(24)55-28(18)30(35(38,39)40)47-34(52)45-22-15-43-33(44-16-22)42-7-9-54-11-10-53-8-6-41-21-2-3-23-19(12-21)17-48(32(23)51)26-4-5-27(49)46-31(26)50/h2-3,12-16,26,30,41H,4-11,17H2,1H3,(H,42,43,44)(H2,45,47,52)(H,46,49,50)/t26?,30-/m1/s1. The summed E-state index contributed by atoms with van der Waals surface area (Å²) in [6.45, 7) is 3.55. The van der Waals surface area contributed by atoms with E-state index in [1.165, 1.54) is 24.2 Å². The molecule has 2 aromatic heterocycles. The minimum Gasteiger partial charge on any atom is -0.455 e. The lowest BCUT2D eigenvalue weighted by molar-refractivity contribution is -0.158. The average Bonchev–Trinajstić information content (AvgIpc) is 3.63. The molecule has 2 atom stereocenters. The molecular weight excluding hydrogens is 739 g/mol. The smallest absolute Gasteiger partial charge is 0.416 e. The Morgan fingerprint density at radius 2 is 1.71 bits per heavy atom. The second-order valence-corrected chi connectivity index (χ2v) is 12.6. The maximum Gasteiger partial charge on any atom is 0.416 e. The van der Waals surface area contributed by atoms with Gasteiger partial charge in [0.15, 0.2) is 17.4 Å². The van der Waals surface area contributed by atoms with Gasteiger partial charge in [-0.2, -0.15) is 13.2 Å². The summed E-state index contributed by atoms with van der Waals surface area (Å²) in [7, 11) is 0. The van der Waals surface area contributed by atoms with Gasteiger partial charge in [-0.25, -0.2) is 23.5 Å². The summed E-state index contributed by atoms with van der Waals surface area (Å²) in [6, 6.07) is 2.06. The van der Waals surface area contributed by atoms with Crippen LogP contribution in [0.15, 0.2) is 47.1 Å². The molecule has 5 N–H and O–H groups in total. The van der Waals surface area contributed by atoms with Crippen molar-refractivity contribution in [1.82, 2.24) is 25.5 Å². The summed E-state index contributed by atoms with van der Waals surface area (Å²) in [5.41, 5.74) is 1.33. The number of ether oxygens (including phenoxy) is 2. The van der Waals surface area contributed by atoms with Crippen LogP contribution in [0.4, 0.5) is 44.1 Å². The number of nitrogens with one attached hydrogen (secondary N) is 5. The van der Waals surface area contributed by atoms with Gasteiger partial charge in [-0.15, -0.1) is 0 Å². The first-order valence-electron chi connectivity index (χ1n) is 17.0. The topological polar surface area (TPSA) is 189 Å². The van der Waals surface area contributed by atoms with Crippen LogP contribution in [0.25, 0.3) is 11.0 Å². The SMILES string of the molecule is Cc1c([C@@H](NC(=O)Nc2cnc(NCCOCCOCCNc3ccc4c(c3)CN(C3CCC(=O)NC3=O)C4=O)nc2)C(F)(F)F)oc2c(F)cc(F)cc12. The number of furan rings is 1. The van der Waals surface area contributed by atoms with Crippen LogP contribution in [-0.2, 0) is 25.6 Å². The highest BCUT2D eigenvalue weighted by Crippen LogP contribution is 2.39. The van der Waals surface area contributed by atoms with E-state index >= 15 is 0 Å². The number of carbonyl (C=O) groups excluding carboxylic acids is 4. The second kappa shape index (κ2) is 16.6. The summed E-state index contributed by atoms with van der Waals surface area (Å²) >= 11 is 0. The van der Waals surface area contributed by atoms with Gasteiger partial charge >= 0.3 is 12.2 Å². The summed E-state index contributed by atoms with van der Waals surface area (Å²) in [6.07, 6.45) is -2.21. The Labute approximate surface area is 309 Å². The quantitative estimate of drug-likeness (QED) is 0.0648. The fraction of sp³-hybridized carbons (Fsp3) is 0.371. The Morgan fingerprint density at radius 3 is 2.40 bits per heavy atom. The number of urea groups is 1. The van der Waals surface area contributed by atoms with E-state index in [0.717, 1.165) is 17.3 Å². The van der Waals surface area contributed by atoms with E-state index in [1.807, 2.05) is 6.07 Å². The van der Waals surface area contributed by atoms with E-state index in [1.54, 1.807) is 17.4 Å². The molecule has 1 saturated heterocycles. The summed E-state index contributed by atoms with van der Waals surface area (Å²) in [4.78, 5) is 58.5. The number of benzene rings is 2. The molecule has 292 valence electrons. The minimum absolute atomic E-state index is 0.0241. The van der Waals surface area contributed by atoms with Crippen LogP contribution >= 0.6 is 0 Å². The minimum atomic E-state index is -5.04. The third-order valence-corrected chi connectivity index (χ3v) is 8.77. The number of nitrogens with zero attached hydrogens (tertiary/aromatic N) is 3. The molecule has 0 radical (unpaired) electrons. The highest BCUT2D eigenvalue weighted by Gasteiger charge is 2.45. The first kappa shape index (κ1) is 38.8. The van der Waals surface area contributed by atoms with Gasteiger partial charge < -0.3 is 40.1 Å². The number of aromatic nitrogens is 2. The zero-order valence-electron chi connectivity index (χ0n) is 29.1. The van der Waals surface area contributed by atoms with Crippen molar-refractivity contribution in [1.29, 1.82) is 0 Å². The molecule has 2 aromatic carbocycles. The fourth-order valence-corrected chi connectivity index (χ4v) is 6.12. The Hall–Kier alpha value is -5.89. The molecule has 2 aliphatic rings.